The molecule has 0 atom stereocenters. The molecule has 0 aliphatic carbocycles. The highest BCUT2D eigenvalue weighted by Crippen LogP contribution is 2.40. The first kappa shape index (κ1) is 33.9. The lowest BCUT2D eigenvalue weighted by Crippen LogP contribution is -2.16. The fraction of sp³-hybridized carbons (Fsp3) is 0.167. The van der Waals surface area contributed by atoms with Crippen molar-refractivity contribution in [2.75, 3.05) is 4.90 Å². The highest BCUT2D eigenvalue weighted by atomic mass is 15.1. The predicted molar refractivity (Wildman–Crippen MR) is 221 cm³/mol. The minimum atomic E-state index is -0.179. The molecule has 53 heavy (non-hydrogen) atoms. The molecule has 5 heteroatoms. The van der Waals surface area contributed by atoms with Crippen LogP contribution in [-0.2, 0) is 10.8 Å². The molecule has 0 amide bonds. The van der Waals surface area contributed by atoms with Crippen LogP contribution in [0, 0.1) is 0 Å². The number of fused-ring (bicyclic) bond motifs is 2. The van der Waals surface area contributed by atoms with Gasteiger partial charge in [-0.15, -0.1) is 0 Å². The molecule has 0 saturated heterocycles. The predicted octanol–water partition coefficient (Wildman–Crippen LogP) is 12.6. The molecule has 5 nitrogen and oxygen atoms in total. The summed E-state index contributed by atoms with van der Waals surface area (Å²) in [6.07, 6.45) is 0. The van der Waals surface area contributed by atoms with Gasteiger partial charge in [-0.3, -0.25) is 0 Å². The minimum Gasteiger partial charge on any atom is -0.311 e. The molecule has 8 aromatic rings. The molecule has 0 aliphatic rings. The highest BCUT2D eigenvalue weighted by molar-refractivity contribution is 5.84. The second-order valence-electron chi connectivity index (χ2n) is 15.7. The van der Waals surface area contributed by atoms with Crippen molar-refractivity contribution in [2.45, 2.75) is 52.4 Å². The number of anilines is 3. The maximum atomic E-state index is 5.14. The first-order chi connectivity index (χ1) is 25.5. The normalized spacial score (nSPS) is 12.0. The summed E-state index contributed by atoms with van der Waals surface area (Å²) in [5, 5.41) is 0. The molecule has 260 valence electrons. The monoisotopic (exact) mass is 689 g/mol. The van der Waals surface area contributed by atoms with E-state index in [2.05, 4.69) is 150 Å². The molecular weight excluding hydrogens is 647 g/mol. The smallest absolute Gasteiger partial charge is 0.0930 e. The van der Waals surface area contributed by atoms with Gasteiger partial charge in [0.2, 0.25) is 0 Å². The maximum absolute atomic E-state index is 5.14. The fourth-order valence-corrected chi connectivity index (χ4v) is 6.87. The Morgan fingerprint density at radius 3 is 0.981 bits per heavy atom. The Kier molecular flexibility index (Phi) is 8.58. The molecule has 0 saturated carbocycles. The molecule has 0 bridgehead atoms. The number of nitrogens with zero attached hydrogens (tertiary/aromatic N) is 5. The van der Waals surface area contributed by atoms with Crippen LogP contribution < -0.4 is 4.90 Å². The van der Waals surface area contributed by atoms with Crippen molar-refractivity contribution >= 4 is 39.1 Å². The lowest BCUT2D eigenvalue weighted by molar-refractivity contribution is 0.571. The SMILES string of the molecule is CC(C)(C)c1nc2ccccc2nc1-c1ccc(N(c2ccc(-c3ccccc3)cc2)c2ccc(-c3nc4ccccc4nc3C(C)(C)C)cc2)cc1. The molecule has 0 unspecified atom stereocenters. The maximum Gasteiger partial charge on any atom is 0.0930 e. The third kappa shape index (κ3) is 6.78. The van der Waals surface area contributed by atoms with Crippen LogP contribution in [-0.4, -0.2) is 19.9 Å². The van der Waals surface area contributed by atoms with Crippen molar-refractivity contribution in [1.82, 2.24) is 19.9 Å². The number of rotatable bonds is 6. The zero-order chi connectivity index (χ0) is 36.7. The third-order valence-electron chi connectivity index (χ3n) is 9.59. The number of para-hydroxylation sites is 4. The van der Waals surface area contributed by atoms with E-state index in [1.165, 1.54) is 11.1 Å². The molecule has 0 spiro atoms. The van der Waals surface area contributed by atoms with E-state index >= 15 is 0 Å². The Morgan fingerprint density at radius 1 is 0.321 bits per heavy atom. The van der Waals surface area contributed by atoms with Gasteiger partial charge in [0.25, 0.3) is 0 Å². The first-order valence-electron chi connectivity index (χ1n) is 18.2. The van der Waals surface area contributed by atoms with Crippen LogP contribution in [0.25, 0.3) is 55.7 Å². The molecule has 8 rings (SSSR count). The summed E-state index contributed by atoms with van der Waals surface area (Å²) in [4.78, 5) is 22.8. The van der Waals surface area contributed by atoms with E-state index < -0.39 is 0 Å². The zero-order valence-corrected chi connectivity index (χ0v) is 31.2. The van der Waals surface area contributed by atoms with E-state index in [0.717, 1.165) is 73.0 Å². The van der Waals surface area contributed by atoms with Crippen LogP contribution in [0.1, 0.15) is 52.9 Å². The van der Waals surface area contributed by atoms with Gasteiger partial charge in [-0.2, -0.15) is 0 Å². The van der Waals surface area contributed by atoms with Crippen molar-refractivity contribution in [3.05, 3.63) is 163 Å². The highest BCUT2D eigenvalue weighted by Gasteiger charge is 2.25. The largest absolute Gasteiger partial charge is 0.311 e. The van der Waals surface area contributed by atoms with Gasteiger partial charge in [-0.25, -0.2) is 19.9 Å². The van der Waals surface area contributed by atoms with Gasteiger partial charge in [0, 0.05) is 39.0 Å². The lowest BCUT2D eigenvalue weighted by Gasteiger charge is -2.27. The summed E-state index contributed by atoms with van der Waals surface area (Å²) in [5.74, 6) is 0. The van der Waals surface area contributed by atoms with Crippen LogP contribution in [0.4, 0.5) is 17.1 Å². The van der Waals surface area contributed by atoms with E-state index in [9.17, 15) is 0 Å². The van der Waals surface area contributed by atoms with Gasteiger partial charge < -0.3 is 4.90 Å². The van der Waals surface area contributed by atoms with Crippen molar-refractivity contribution in [1.29, 1.82) is 0 Å². The molecule has 0 fully saturated rings. The molecule has 2 aromatic heterocycles. The average Bonchev–Trinajstić information content (AvgIpc) is 3.17. The van der Waals surface area contributed by atoms with E-state index in [-0.39, 0.29) is 10.8 Å². The summed E-state index contributed by atoms with van der Waals surface area (Å²) < 4.78 is 0. The van der Waals surface area contributed by atoms with E-state index in [4.69, 9.17) is 19.9 Å². The van der Waals surface area contributed by atoms with Gasteiger partial charge in [-0.05, 0) is 71.8 Å². The van der Waals surface area contributed by atoms with Gasteiger partial charge >= 0.3 is 0 Å². The molecule has 6 aromatic carbocycles. The molecular formula is C48H43N5. The van der Waals surface area contributed by atoms with Gasteiger partial charge in [0.05, 0.1) is 44.8 Å². The minimum absolute atomic E-state index is 0.179. The van der Waals surface area contributed by atoms with Gasteiger partial charge in [0.15, 0.2) is 0 Å². The Labute approximate surface area is 312 Å². The number of benzene rings is 6. The van der Waals surface area contributed by atoms with Crippen LogP contribution in [0.5, 0.6) is 0 Å². The second-order valence-corrected chi connectivity index (χ2v) is 15.7. The molecule has 0 radical (unpaired) electrons. The summed E-state index contributed by atoms with van der Waals surface area (Å²) in [7, 11) is 0. The average molecular weight is 690 g/mol. The van der Waals surface area contributed by atoms with Crippen molar-refractivity contribution in [2.24, 2.45) is 0 Å². The van der Waals surface area contributed by atoms with Gasteiger partial charge in [0.1, 0.15) is 0 Å². The zero-order valence-electron chi connectivity index (χ0n) is 31.2. The summed E-state index contributed by atoms with van der Waals surface area (Å²) in [6.45, 7) is 13.2. The Balaban J connectivity index is 1.22. The van der Waals surface area contributed by atoms with E-state index in [1.807, 2.05) is 48.5 Å². The standard InChI is InChI=1S/C48H43N5/c1-47(2,3)45-43(49-39-16-10-12-18-41(39)51-45)34-22-28-37(29-23-34)53(36-26-20-33(21-27-36)32-14-8-7-9-15-32)38-30-24-35(25-31-38)44-46(48(4,5)6)52-42-19-13-11-17-40(42)50-44/h7-31H,1-6H3. The van der Waals surface area contributed by atoms with Gasteiger partial charge in [-0.1, -0.05) is 133 Å². The van der Waals surface area contributed by atoms with Crippen molar-refractivity contribution < 1.29 is 0 Å². The summed E-state index contributed by atoms with van der Waals surface area (Å²) >= 11 is 0. The van der Waals surface area contributed by atoms with E-state index in [1.54, 1.807) is 0 Å². The van der Waals surface area contributed by atoms with Crippen LogP contribution in [0.15, 0.2) is 152 Å². The first-order valence-corrected chi connectivity index (χ1v) is 18.2. The lowest BCUT2D eigenvalue weighted by atomic mass is 9.88. The number of aromatic nitrogens is 4. The summed E-state index contributed by atoms with van der Waals surface area (Å²) in [6, 6.07) is 52.9. The Bertz CT molecular complexity index is 2400. The Hall–Kier alpha value is -6.20. The van der Waals surface area contributed by atoms with Crippen molar-refractivity contribution in [3.63, 3.8) is 0 Å². The molecule has 0 aliphatic heterocycles. The Morgan fingerprint density at radius 2 is 0.623 bits per heavy atom. The van der Waals surface area contributed by atoms with E-state index in [0.29, 0.717) is 0 Å². The third-order valence-corrected chi connectivity index (χ3v) is 9.59. The van der Waals surface area contributed by atoms with Crippen LogP contribution in [0.2, 0.25) is 0 Å². The quantitative estimate of drug-likeness (QED) is 0.174. The van der Waals surface area contributed by atoms with Crippen LogP contribution >= 0.6 is 0 Å². The second kappa shape index (κ2) is 13.4. The number of hydrogen-bond acceptors (Lipinski definition) is 5. The molecule has 2 heterocycles. The van der Waals surface area contributed by atoms with Crippen molar-refractivity contribution in [3.8, 4) is 33.6 Å². The fourth-order valence-electron chi connectivity index (χ4n) is 6.87. The summed E-state index contributed by atoms with van der Waals surface area (Å²) in [5.41, 5.74) is 14.6. The number of hydrogen-bond donors (Lipinski definition) is 0. The van der Waals surface area contributed by atoms with Crippen LogP contribution in [0.3, 0.4) is 0 Å². The molecule has 0 N–H and O–H groups in total. The topological polar surface area (TPSA) is 54.8 Å².